The second-order valence-corrected chi connectivity index (χ2v) is 8.87. The van der Waals surface area contributed by atoms with Crippen LogP contribution in [0, 0.1) is 6.92 Å². The first-order valence-electron chi connectivity index (χ1n) is 9.64. The highest BCUT2D eigenvalue weighted by molar-refractivity contribution is 7.99. The van der Waals surface area contributed by atoms with Crippen molar-refractivity contribution in [1.82, 2.24) is 4.98 Å². The summed E-state index contributed by atoms with van der Waals surface area (Å²) in [5.74, 6) is 2.22. The Labute approximate surface area is 183 Å². The number of furan rings is 1. The fraction of sp³-hybridized carbons (Fsp3) is 0.217. The third-order valence-electron chi connectivity index (χ3n) is 4.57. The number of aromatic nitrogens is 1. The Morgan fingerprint density at radius 1 is 1.23 bits per heavy atom. The lowest BCUT2D eigenvalue weighted by Gasteiger charge is -2.03. The molecule has 5 nitrogen and oxygen atoms in total. The molecule has 0 saturated carbocycles. The number of aryl methyl sites for hydroxylation is 1. The van der Waals surface area contributed by atoms with Gasteiger partial charge in [-0.05, 0) is 43.4 Å². The normalized spacial score (nSPS) is 11.0. The van der Waals surface area contributed by atoms with Crippen LogP contribution >= 0.6 is 23.1 Å². The van der Waals surface area contributed by atoms with E-state index in [1.807, 2.05) is 29.6 Å². The van der Waals surface area contributed by atoms with Gasteiger partial charge in [0.15, 0.2) is 22.2 Å². The van der Waals surface area contributed by atoms with Crippen LogP contribution in [0.1, 0.15) is 18.4 Å². The minimum atomic E-state index is -0.0216. The van der Waals surface area contributed by atoms with Crippen molar-refractivity contribution in [3.05, 3.63) is 59.5 Å². The van der Waals surface area contributed by atoms with Gasteiger partial charge in [0.25, 0.3) is 0 Å². The second-order valence-electron chi connectivity index (χ2n) is 6.84. The molecule has 2 aromatic carbocycles. The molecule has 0 atom stereocenters. The van der Waals surface area contributed by atoms with E-state index in [2.05, 4.69) is 41.5 Å². The number of methoxy groups -OCH3 is 1. The first-order chi connectivity index (χ1) is 14.6. The molecule has 4 rings (SSSR count). The third kappa shape index (κ3) is 4.86. The van der Waals surface area contributed by atoms with Gasteiger partial charge in [0.2, 0.25) is 5.91 Å². The molecule has 0 spiro atoms. The van der Waals surface area contributed by atoms with Gasteiger partial charge in [0, 0.05) is 22.1 Å². The maximum Gasteiger partial charge on any atom is 0.226 e. The molecular formula is C23H22N2O3S2. The van der Waals surface area contributed by atoms with Gasteiger partial charge >= 0.3 is 0 Å². The number of benzene rings is 2. The number of carbonyl (C=O) groups is 1. The predicted molar refractivity (Wildman–Crippen MR) is 124 cm³/mol. The van der Waals surface area contributed by atoms with Crippen molar-refractivity contribution in [2.24, 2.45) is 0 Å². The minimum Gasteiger partial charge on any atom is -0.493 e. The lowest BCUT2D eigenvalue weighted by molar-refractivity contribution is -0.116. The Morgan fingerprint density at radius 3 is 2.87 bits per heavy atom. The molecule has 0 bridgehead atoms. The number of hydrogen-bond donors (Lipinski definition) is 1. The highest BCUT2D eigenvalue weighted by atomic mass is 32.2. The molecule has 30 heavy (non-hydrogen) atoms. The molecule has 1 N–H and O–H groups in total. The summed E-state index contributed by atoms with van der Waals surface area (Å²) < 4.78 is 11.3. The average Bonchev–Trinajstić information content (AvgIpc) is 3.39. The molecule has 2 heterocycles. The van der Waals surface area contributed by atoms with Crippen molar-refractivity contribution in [3.63, 3.8) is 0 Å². The Morgan fingerprint density at radius 2 is 2.07 bits per heavy atom. The Kier molecular flexibility index (Phi) is 6.40. The van der Waals surface area contributed by atoms with Crippen molar-refractivity contribution >= 4 is 45.1 Å². The third-order valence-corrected chi connectivity index (χ3v) is 6.42. The Balaban J connectivity index is 1.31. The number of para-hydroxylation sites is 1. The van der Waals surface area contributed by atoms with Crippen LogP contribution in [0.5, 0.6) is 5.75 Å². The van der Waals surface area contributed by atoms with Gasteiger partial charge in [-0.25, -0.2) is 4.98 Å². The van der Waals surface area contributed by atoms with Crippen LogP contribution in [0.4, 0.5) is 5.13 Å². The van der Waals surface area contributed by atoms with E-state index < -0.39 is 0 Å². The summed E-state index contributed by atoms with van der Waals surface area (Å²) in [6.45, 7) is 2.08. The molecule has 0 saturated heterocycles. The van der Waals surface area contributed by atoms with Crippen molar-refractivity contribution in [2.75, 3.05) is 18.2 Å². The van der Waals surface area contributed by atoms with Gasteiger partial charge < -0.3 is 14.5 Å². The van der Waals surface area contributed by atoms with E-state index in [0.717, 1.165) is 17.6 Å². The zero-order valence-electron chi connectivity index (χ0n) is 16.8. The van der Waals surface area contributed by atoms with Crippen LogP contribution in [-0.4, -0.2) is 23.8 Å². The number of hydrogen-bond acceptors (Lipinski definition) is 6. The van der Waals surface area contributed by atoms with Crippen LogP contribution in [0.3, 0.4) is 0 Å². The van der Waals surface area contributed by atoms with Crippen molar-refractivity contribution in [2.45, 2.75) is 24.7 Å². The highest BCUT2D eigenvalue weighted by Gasteiger charge is 2.14. The van der Waals surface area contributed by atoms with Crippen LogP contribution < -0.4 is 10.1 Å². The van der Waals surface area contributed by atoms with Crippen molar-refractivity contribution < 1.29 is 13.9 Å². The molecule has 0 unspecified atom stereocenters. The van der Waals surface area contributed by atoms with Crippen LogP contribution in [0.2, 0.25) is 0 Å². The SMILES string of the molecule is COc1cccc2cc(-c3csc(NC(=O)CCCSc4ccc(C)cc4)n3)oc12. The number of thioether (sulfide) groups is 1. The molecule has 0 aliphatic rings. The molecule has 154 valence electrons. The molecule has 2 aromatic heterocycles. The summed E-state index contributed by atoms with van der Waals surface area (Å²) in [6.07, 6.45) is 1.28. The van der Waals surface area contributed by atoms with Crippen LogP contribution in [0.25, 0.3) is 22.4 Å². The number of rotatable bonds is 8. The fourth-order valence-corrected chi connectivity index (χ4v) is 4.58. The van der Waals surface area contributed by atoms with Gasteiger partial charge in [-0.1, -0.05) is 29.8 Å². The van der Waals surface area contributed by atoms with Crippen LogP contribution in [0.15, 0.2) is 63.2 Å². The summed E-state index contributed by atoms with van der Waals surface area (Å²) in [5, 5.41) is 6.30. The van der Waals surface area contributed by atoms with E-state index in [4.69, 9.17) is 9.15 Å². The lowest BCUT2D eigenvalue weighted by atomic mass is 10.2. The van der Waals surface area contributed by atoms with E-state index in [9.17, 15) is 4.79 Å². The highest BCUT2D eigenvalue weighted by Crippen LogP contribution is 2.34. The van der Waals surface area contributed by atoms with Gasteiger partial charge in [-0.15, -0.1) is 23.1 Å². The summed E-state index contributed by atoms with van der Waals surface area (Å²) in [5.41, 5.74) is 2.64. The number of nitrogens with one attached hydrogen (secondary N) is 1. The van der Waals surface area contributed by atoms with Crippen molar-refractivity contribution in [1.29, 1.82) is 0 Å². The van der Waals surface area contributed by atoms with Gasteiger partial charge in [-0.3, -0.25) is 4.79 Å². The van der Waals surface area contributed by atoms with Crippen LogP contribution in [-0.2, 0) is 4.79 Å². The molecule has 0 radical (unpaired) electrons. The zero-order valence-corrected chi connectivity index (χ0v) is 18.4. The number of fused-ring (bicyclic) bond motifs is 1. The number of carbonyl (C=O) groups excluding carboxylic acids is 1. The maximum atomic E-state index is 12.2. The quantitative estimate of drug-likeness (QED) is 0.255. The molecule has 1 amide bonds. The number of nitrogens with zero attached hydrogens (tertiary/aromatic N) is 1. The molecule has 0 aliphatic carbocycles. The van der Waals surface area contributed by atoms with E-state index in [1.54, 1.807) is 18.9 Å². The largest absolute Gasteiger partial charge is 0.493 e. The van der Waals surface area contributed by atoms with Gasteiger partial charge in [-0.2, -0.15) is 0 Å². The Hall–Kier alpha value is -2.77. The minimum absolute atomic E-state index is 0.0216. The first-order valence-corrected chi connectivity index (χ1v) is 11.5. The number of amides is 1. The van der Waals surface area contributed by atoms with E-state index in [0.29, 0.717) is 34.3 Å². The van der Waals surface area contributed by atoms with E-state index in [-0.39, 0.29) is 5.91 Å². The number of anilines is 1. The smallest absolute Gasteiger partial charge is 0.226 e. The molecule has 0 fully saturated rings. The standard InChI is InChI=1S/C23H22N2O3S2/c1-15-8-10-17(11-9-15)29-12-4-7-21(26)25-23-24-18(14-30-23)20-13-16-5-3-6-19(27-2)22(16)28-20/h3,5-6,8-11,13-14H,4,7,12H2,1-2H3,(H,24,25,26). The van der Waals surface area contributed by atoms with E-state index >= 15 is 0 Å². The second kappa shape index (κ2) is 9.36. The predicted octanol–water partition coefficient (Wildman–Crippen LogP) is 6.38. The average molecular weight is 439 g/mol. The summed E-state index contributed by atoms with van der Waals surface area (Å²) in [4.78, 5) is 18.0. The summed E-state index contributed by atoms with van der Waals surface area (Å²) >= 11 is 3.16. The fourth-order valence-electron chi connectivity index (χ4n) is 3.01. The number of ether oxygens (including phenoxy) is 1. The number of thiazole rings is 1. The van der Waals surface area contributed by atoms with Gasteiger partial charge in [0.1, 0.15) is 5.69 Å². The maximum absolute atomic E-state index is 12.2. The molecule has 4 aromatic rings. The summed E-state index contributed by atoms with van der Waals surface area (Å²) in [6, 6.07) is 16.1. The monoisotopic (exact) mass is 438 g/mol. The molecule has 0 aliphatic heterocycles. The topological polar surface area (TPSA) is 64.4 Å². The summed E-state index contributed by atoms with van der Waals surface area (Å²) in [7, 11) is 1.62. The molecule has 7 heteroatoms. The van der Waals surface area contributed by atoms with Gasteiger partial charge in [0.05, 0.1) is 7.11 Å². The lowest BCUT2D eigenvalue weighted by Crippen LogP contribution is -2.11. The first kappa shape index (κ1) is 20.5. The Bertz CT molecular complexity index is 1150. The van der Waals surface area contributed by atoms with Crippen molar-refractivity contribution in [3.8, 4) is 17.2 Å². The zero-order chi connectivity index (χ0) is 20.9. The molecular weight excluding hydrogens is 416 g/mol. The van der Waals surface area contributed by atoms with E-state index in [1.165, 1.54) is 21.8 Å².